The summed E-state index contributed by atoms with van der Waals surface area (Å²) in [7, 11) is 0. The van der Waals surface area contributed by atoms with Crippen LogP contribution in [0.3, 0.4) is 0 Å². The number of nitrogens with one attached hydrogen (secondary N) is 1. The summed E-state index contributed by atoms with van der Waals surface area (Å²) >= 11 is 0. The van der Waals surface area contributed by atoms with Crippen molar-refractivity contribution in [3.63, 3.8) is 0 Å². The van der Waals surface area contributed by atoms with E-state index in [-0.39, 0.29) is 0 Å². The molecule has 0 bridgehead atoms. The molecule has 0 amide bonds. The van der Waals surface area contributed by atoms with E-state index in [9.17, 15) is 0 Å². The van der Waals surface area contributed by atoms with Crippen LogP contribution in [0.25, 0.3) is 11.1 Å². The van der Waals surface area contributed by atoms with Crippen LogP contribution in [0.2, 0.25) is 0 Å². The first-order valence-corrected chi connectivity index (χ1v) is 8.18. The second-order valence-corrected chi connectivity index (χ2v) is 6.03. The summed E-state index contributed by atoms with van der Waals surface area (Å²) in [6.07, 6.45) is 9.67. The number of benzene rings is 1. The molecular formula is C18H25N3. The van der Waals surface area contributed by atoms with Crippen molar-refractivity contribution in [1.29, 1.82) is 0 Å². The van der Waals surface area contributed by atoms with Crippen LogP contribution in [-0.4, -0.2) is 22.4 Å². The molecule has 0 spiro atoms. The molecule has 112 valence electrons. The van der Waals surface area contributed by atoms with Gasteiger partial charge >= 0.3 is 0 Å². The first kappa shape index (κ1) is 14.3. The molecule has 1 aliphatic carbocycles. The van der Waals surface area contributed by atoms with Crippen LogP contribution in [0.15, 0.2) is 42.7 Å². The molecular weight excluding hydrogens is 258 g/mol. The Labute approximate surface area is 127 Å². The van der Waals surface area contributed by atoms with E-state index in [4.69, 9.17) is 0 Å². The van der Waals surface area contributed by atoms with Crippen LogP contribution in [0.5, 0.6) is 0 Å². The highest BCUT2D eigenvalue weighted by Gasteiger charge is 2.24. The quantitative estimate of drug-likeness (QED) is 0.875. The van der Waals surface area contributed by atoms with E-state index in [1.807, 2.05) is 6.20 Å². The summed E-state index contributed by atoms with van der Waals surface area (Å²) in [6.45, 7) is 4.21. The first-order valence-electron chi connectivity index (χ1n) is 8.18. The smallest absolute Gasteiger partial charge is 0.0568 e. The zero-order valence-corrected chi connectivity index (χ0v) is 12.8. The minimum absolute atomic E-state index is 0.557. The van der Waals surface area contributed by atoms with Crippen molar-refractivity contribution in [1.82, 2.24) is 15.1 Å². The Balaban J connectivity index is 1.70. The lowest BCUT2D eigenvalue weighted by Crippen LogP contribution is -2.38. The van der Waals surface area contributed by atoms with Crippen molar-refractivity contribution in [3.05, 3.63) is 42.7 Å². The van der Waals surface area contributed by atoms with Crippen LogP contribution < -0.4 is 5.32 Å². The summed E-state index contributed by atoms with van der Waals surface area (Å²) in [5.74, 6) is 0.814. The summed E-state index contributed by atoms with van der Waals surface area (Å²) in [6, 6.07) is 11.0. The van der Waals surface area contributed by atoms with Gasteiger partial charge in [-0.05, 0) is 30.9 Å². The molecule has 1 heterocycles. The van der Waals surface area contributed by atoms with Gasteiger partial charge in [0.25, 0.3) is 0 Å². The van der Waals surface area contributed by atoms with E-state index in [0.29, 0.717) is 6.04 Å². The Morgan fingerprint density at radius 3 is 2.67 bits per heavy atom. The lowest BCUT2D eigenvalue weighted by molar-refractivity contribution is 0.317. The Hall–Kier alpha value is -1.61. The molecule has 1 unspecified atom stereocenters. The lowest BCUT2D eigenvalue weighted by Gasteiger charge is -2.24. The molecule has 1 aromatic carbocycles. The van der Waals surface area contributed by atoms with E-state index < -0.39 is 0 Å². The Bertz CT molecular complexity index is 541. The van der Waals surface area contributed by atoms with Crippen molar-refractivity contribution >= 4 is 0 Å². The third-order valence-electron chi connectivity index (χ3n) is 4.56. The van der Waals surface area contributed by atoms with Crippen LogP contribution in [0.1, 0.15) is 32.6 Å². The number of likely N-dealkylation sites (N-methyl/N-ethyl adjacent to an activating group) is 1. The second-order valence-electron chi connectivity index (χ2n) is 6.03. The zero-order chi connectivity index (χ0) is 14.5. The summed E-state index contributed by atoms with van der Waals surface area (Å²) in [5.41, 5.74) is 2.45. The van der Waals surface area contributed by atoms with Gasteiger partial charge in [-0.1, -0.05) is 50.1 Å². The van der Waals surface area contributed by atoms with Crippen molar-refractivity contribution in [2.45, 2.75) is 45.2 Å². The van der Waals surface area contributed by atoms with Gasteiger partial charge in [0, 0.05) is 17.8 Å². The third-order valence-corrected chi connectivity index (χ3v) is 4.56. The molecule has 0 radical (unpaired) electrons. The predicted molar refractivity (Wildman–Crippen MR) is 87.1 cm³/mol. The normalized spacial score (nSPS) is 17.2. The van der Waals surface area contributed by atoms with Crippen LogP contribution >= 0.6 is 0 Å². The lowest BCUT2D eigenvalue weighted by atomic mass is 9.98. The molecule has 0 saturated heterocycles. The van der Waals surface area contributed by atoms with E-state index in [1.54, 1.807) is 0 Å². The number of nitrogens with zero attached hydrogens (tertiary/aromatic N) is 2. The molecule has 3 heteroatoms. The molecule has 1 fully saturated rings. The maximum Gasteiger partial charge on any atom is 0.0568 e. The highest BCUT2D eigenvalue weighted by molar-refractivity contribution is 5.61. The SMILES string of the molecule is CCNC(Cn1cc(-c2ccccc2)cn1)C1CCCC1. The van der Waals surface area contributed by atoms with Gasteiger partial charge in [-0.25, -0.2) is 0 Å². The number of hydrogen-bond acceptors (Lipinski definition) is 2. The second kappa shape index (κ2) is 6.90. The third kappa shape index (κ3) is 3.53. The van der Waals surface area contributed by atoms with Crippen molar-refractivity contribution < 1.29 is 0 Å². The minimum atomic E-state index is 0.557. The fourth-order valence-corrected chi connectivity index (χ4v) is 3.45. The zero-order valence-electron chi connectivity index (χ0n) is 12.8. The van der Waals surface area contributed by atoms with E-state index in [2.05, 4.69) is 58.5 Å². The molecule has 1 N–H and O–H groups in total. The topological polar surface area (TPSA) is 29.9 Å². The highest BCUT2D eigenvalue weighted by Crippen LogP contribution is 2.28. The summed E-state index contributed by atoms with van der Waals surface area (Å²) in [4.78, 5) is 0. The van der Waals surface area contributed by atoms with Gasteiger partial charge in [0.15, 0.2) is 0 Å². The Kier molecular flexibility index (Phi) is 4.71. The van der Waals surface area contributed by atoms with Gasteiger partial charge in [-0.2, -0.15) is 5.10 Å². The van der Waals surface area contributed by atoms with E-state index in [1.165, 1.54) is 36.8 Å². The molecule has 1 saturated carbocycles. The minimum Gasteiger partial charge on any atom is -0.312 e. The molecule has 3 rings (SSSR count). The van der Waals surface area contributed by atoms with E-state index >= 15 is 0 Å². The predicted octanol–water partition coefficient (Wildman–Crippen LogP) is 3.72. The van der Waals surface area contributed by atoms with Crippen molar-refractivity contribution in [2.24, 2.45) is 5.92 Å². The Morgan fingerprint density at radius 2 is 1.95 bits per heavy atom. The molecule has 1 aromatic heterocycles. The molecule has 1 atom stereocenters. The number of rotatable bonds is 6. The Morgan fingerprint density at radius 1 is 1.19 bits per heavy atom. The van der Waals surface area contributed by atoms with Gasteiger partial charge in [0.05, 0.1) is 12.7 Å². The number of hydrogen-bond donors (Lipinski definition) is 1. The van der Waals surface area contributed by atoms with Crippen LogP contribution in [-0.2, 0) is 6.54 Å². The molecule has 3 nitrogen and oxygen atoms in total. The molecule has 2 aromatic rings. The number of aromatic nitrogens is 2. The maximum absolute atomic E-state index is 4.56. The summed E-state index contributed by atoms with van der Waals surface area (Å²) in [5, 5.41) is 8.22. The van der Waals surface area contributed by atoms with Gasteiger partial charge in [-0.15, -0.1) is 0 Å². The van der Waals surface area contributed by atoms with Crippen molar-refractivity contribution in [3.8, 4) is 11.1 Å². The molecule has 21 heavy (non-hydrogen) atoms. The largest absolute Gasteiger partial charge is 0.312 e. The van der Waals surface area contributed by atoms with Crippen molar-refractivity contribution in [2.75, 3.05) is 6.54 Å². The van der Waals surface area contributed by atoms with Crippen LogP contribution in [0, 0.1) is 5.92 Å². The van der Waals surface area contributed by atoms with Gasteiger partial charge in [0.1, 0.15) is 0 Å². The standard InChI is InChI=1S/C18H25N3/c1-2-19-18(16-10-6-7-11-16)14-21-13-17(12-20-21)15-8-4-3-5-9-15/h3-5,8-9,12-13,16,18-19H,2,6-7,10-11,14H2,1H3. The monoisotopic (exact) mass is 283 g/mol. The van der Waals surface area contributed by atoms with Gasteiger partial charge in [0.2, 0.25) is 0 Å². The molecule has 0 aliphatic heterocycles. The average Bonchev–Trinajstić information content (AvgIpc) is 3.19. The van der Waals surface area contributed by atoms with Gasteiger partial charge in [-0.3, -0.25) is 4.68 Å². The first-order chi connectivity index (χ1) is 10.4. The highest BCUT2D eigenvalue weighted by atomic mass is 15.3. The fraction of sp³-hybridized carbons (Fsp3) is 0.500. The average molecular weight is 283 g/mol. The molecule has 1 aliphatic rings. The van der Waals surface area contributed by atoms with Gasteiger partial charge < -0.3 is 5.32 Å². The fourth-order valence-electron chi connectivity index (χ4n) is 3.45. The van der Waals surface area contributed by atoms with Crippen LogP contribution in [0.4, 0.5) is 0 Å². The van der Waals surface area contributed by atoms with E-state index in [0.717, 1.165) is 19.0 Å². The summed E-state index contributed by atoms with van der Waals surface area (Å²) < 4.78 is 2.11. The maximum atomic E-state index is 4.56.